The average molecular weight is 256 g/mol. The first-order valence-corrected chi connectivity index (χ1v) is 7.60. The highest BCUT2D eigenvalue weighted by Crippen LogP contribution is 2.26. The Balaban J connectivity index is 2.07. The maximum Gasteiger partial charge on any atom is 0.335 e. The van der Waals surface area contributed by atoms with Gasteiger partial charge in [-0.05, 0) is 25.2 Å². The van der Waals surface area contributed by atoms with E-state index in [9.17, 15) is 9.90 Å². The Bertz CT molecular complexity index is 222. The topological polar surface area (TPSA) is 46.5 Å². The van der Waals surface area contributed by atoms with E-state index in [1.807, 2.05) is 0 Å². The molecule has 1 N–H and O–H groups in total. The molecule has 1 rings (SSSR count). The zero-order valence-electron chi connectivity index (χ0n) is 11.7. The number of carbonyl (C=O) groups is 1. The fourth-order valence-electron chi connectivity index (χ4n) is 2.61. The van der Waals surface area contributed by atoms with Crippen molar-refractivity contribution in [3.63, 3.8) is 0 Å². The average Bonchev–Trinajstić information content (AvgIpc) is 2.42. The van der Waals surface area contributed by atoms with E-state index in [4.69, 9.17) is 4.74 Å². The molecule has 1 saturated carbocycles. The van der Waals surface area contributed by atoms with Crippen LogP contribution < -0.4 is 0 Å². The highest BCUT2D eigenvalue weighted by molar-refractivity contribution is 5.74. The van der Waals surface area contributed by atoms with E-state index in [1.54, 1.807) is 0 Å². The summed E-state index contributed by atoms with van der Waals surface area (Å²) in [7, 11) is 0. The summed E-state index contributed by atoms with van der Waals surface area (Å²) in [5.74, 6) is -0.274. The van der Waals surface area contributed by atoms with Gasteiger partial charge in [0.25, 0.3) is 0 Å². The van der Waals surface area contributed by atoms with Gasteiger partial charge in [0.1, 0.15) is 0 Å². The van der Waals surface area contributed by atoms with Crippen molar-refractivity contribution in [3.05, 3.63) is 0 Å². The molecule has 0 radical (unpaired) electrons. The quantitative estimate of drug-likeness (QED) is 0.534. The van der Waals surface area contributed by atoms with Crippen molar-refractivity contribution in [2.45, 2.75) is 77.2 Å². The molecule has 1 aliphatic rings. The van der Waals surface area contributed by atoms with Crippen LogP contribution in [0.5, 0.6) is 0 Å². The van der Waals surface area contributed by atoms with Crippen molar-refractivity contribution in [3.8, 4) is 0 Å². The third kappa shape index (κ3) is 5.85. The minimum absolute atomic E-state index is 0.131. The first kappa shape index (κ1) is 15.5. The van der Waals surface area contributed by atoms with Crippen LogP contribution in [0.4, 0.5) is 0 Å². The van der Waals surface area contributed by atoms with E-state index in [0.717, 1.165) is 38.5 Å². The van der Waals surface area contributed by atoms with E-state index >= 15 is 0 Å². The molecular formula is C15H28O3. The van der Waals surface area contributed by atoms with Gasteiger partial charge in [-0.15, -0.1) is 0 Å². The van der Waals surface area contributed by atoms with Gasteiger partial charge >= 0.3 is 5.97 Å². The summed E-state index contributed by atoms with van der Waals surface area (Å²) in [6.07, 6.45) is 10.2. The Morgan fingerprint density at radius 2 is 1.83 bits per heavy atom. The Morgan fingerprint density at radius 3 is 2.50 bits per heavy atom. The zero-order chi connectivity index (χ0) is 13.2. The van der Waals surface area contributed by atoms with Gasteiger partial charge in [0.15, 0.2) is 6.10 Å². The van der Waals surface area contributed by atoms with Crippen LogP contribution in [0.1, 0.15) is 71.1 Å². The summed E-state index contributed by atoms with van der Waals surface area (Å²) in [5, 5.41) is 9.91. The van der Waals surface area contributed by atoms with E-state index in [0.29, 0.717) is 6.61 Å². The highest BCUT2D eigenvalue weighted by atomic mass is 16.5. The molecule has 3 heteroatoms. The Morgan fingerprint density at radius 1 is 1.17 bits per heavy atom. The lowest BCUT2D eigenvalue weighted by Crippen LogP contribution is -2.32. The second-order valence-corrected chi connectivity index (χ2v) is 5.42. The van der Waals surface area contributed by atoms with Gasteiger partial charge in [-0.3, -0.25) is 0 Å². The van der Waals surface area contributed by atoms with Gasteiger partial charge < -0.3 is 9.84 Å². The molecule has 1 fully saturated rings. The summed E-state index contributed by atoms with van der Waals surface area (Å²) >= 11 is 0. The van der Waals surface area contributed by atoms with Gasteiger partial charge in [0.2, 0.25) is 0 Å². The molecule has 0 unspecified atom stereocenters. The first-order chi connectivity index (χ1) is 8.75. The maximum atomic E-state index is 11.7. The predicted octanol–water partition coefficient (Wildman–Crippen LogP) is 3.44. The number of aliphatic hydroxyl groups is 1. The van der Waals surface area contributed by atoms with E-state index in [2.05, 4.69) is 6.92 Å². The van der Waals surface area contributed by atoms with Gasteiger partial charge in [-0.1, -0.05) is 51.9 Å². The van der Waals surface area contributed by atoms with Crippen molar-refractivity contribution in [1.82, 2.24) is 0 Å². The standard InChI is InChI=1S/C15H28O3/c1-2-3-4-5-9-12-18-15(17)14(16)13-10-7-6-8-11-13/h13-14,16H,2-12H2,1H3/t14-/m0/s1. The molecule has 3 nitrogen and oxygen atoms in total. The van der Waals surface area contributed by atoms with Crippen LogP contribution in [-0.2, 0) is 9.53 Å². The molecule has 0 aromatic heterocycles. The molecule has 106 valence electrons. The molecule has 0 spiro atoms. The Hall–Kier alpha value is -0.570. The summed E-state index contributed by atoms with van der Waals surface area (Å²) < 4.78 is 5.15. The first-order valence-electron chi connectivity index (χ1n) is 7.60. The van der Waals surface area contributed by atoms with Crippen molar-refractivity contribution in [2.75, 3.05) is 6.61 Å². The normalized spacial score (nSPS) is 18.6. The molecule has 0 bridgehead atoms. The number of unbranched alkanes of at least 4 members (excludes halogenated alkanes) is 4. The minimum Gasteiger partial charge on any atom is -0.464 e. The molecule has 1 atom stereocenters. The lowest BCUT2D eigenvalue weighted by atomic mass is 9.85. The number of ether oxygens (including phenoxy) is 1. The van der Waals surface area contributed by atoms with E-state index in [1.165, 1.54) is 25.7 Å². The molecular weight excluding hydrogens is 228 g/mol. The highest BCUT2D eigenvalue weighted by Gasteiger charge is 2.28. The zero-order valence-corrected chi connectivity index (χ0v) is 11.7. The van der Waals surface area contributed by atoms with Gasteiger partial charge in [0, 0.05) is 0 Å². The minimum atomic E-state index is -0.888. The Kier molecular flexibility index (Phi) is 8.06. The van der Waals surface area contributed by atoms with Gasteiger partial charge in [0.05, 0.1) is 6.61 Å². The second-order valence-electron chi connectivity index (χ2n) is 5.42. The molecule has 1 aliphatic carbocycles. The molecule has 0 aromatic carbocycles. The summed E-state index contributed by atoms with van der Waals surface area (Å²) in [4.78, 5) is 11.7. The number of hydrogen-bond acceptors (Lipinski definition) is 3. The van der Waals surface area contributed by atoms with Gasteiger partial charge in [-0.25, -0.2) is 4.79 Å². The molecule has 0 saturated heterocycles. The predicted molar refractivity (Wildman–Crippen MR) is 72.3 cm³/mol. The molecule has 18 heavy (non-hydrogen) atoms. The van der Waals surface area contributed by atoms with Crippen LogP contribution in [0.25, 0.3) is 0 Å². The summed E-state index contributed by atoms with van der Waals surface area (Å²) in [6.45, 7) is 2.65. The third-order valence-corrected chi connectivity index (χ3v) is 3.83. The fraction of sp³-hybridized carbons (Fsp3) is 0.933. The van der Waals surface area contributed by atoms with Crippen molar-refractivity contribution in [2.24, 2.45) is 5.92 Å². The molecule has 0 heterocycles. The monoisotopic (exact) mass is 256 g/mol. The second kappa shape index (κ2) is 9.37. The van der Waals surface area contributed by atoms with Crippen LogP contribution in [0.15, 0.2) is 0 Å². The SMILES string of the molecule is CCCCCCCOC(=O)[C@@H](O)C1CCCCC1. The third-order valence-electron chi connectivity index (χ3n) is 3.83. The number of hydrogen-bond donors (Lipinski definition) is 1. The summed E-state index contributed by atoms with van der Waals surface area (Å²) in [6, 6.07) is 0. The number of aliphatic hydroxyl groups excluding tert-OH is 1. The largest absolute Gasteiger partial charge is 0.464 e. The number of carbonyl (C=O) groups excluding carboxylic acids is 1. The van der Waals surface area contributed by atoms with Crippen LogP contribution in [0.3, 0.4) is 0 Å². The molecule has 0 amide bonds. The Labute approximate surface area is 111 Å². The molecule has 0 aromatic rings. The van der Waals surface area contributed by atoms with E-state index < -0.39 is 12.1 Å². The van der Waals surface area contributed by atoms with E-state index in [-0.39, 0.29) is 5.92 Å². The fourth-order valence-corrected chi connectivity index (χ4v) is 2.61. The smallest absolute Gasteiger partial charge is 0.335 e. The van der Waals surface area contributed by atoms with Crippen LogP contribution in [0.2, 0.25) is 0 Å². The van der Waals surface area contributed by atoms with Crippen LogP contribution in [-0.4, -0.2) is 23.8 Å². The maximum absolute atomic E-state index is 11.7. The number of rotatable bonds is 8. The number of esters is 1. The van der Waals surface area contributed by atoms with Crippen molar-refractivity contribution in [1.29, 1.82) is 0 Å². The van der Waals surface area contributed by atoms with Crippen molar-refractivity contribution >= 4 is 5.97 Å². The van der Waals surface area contributed by atoms with Crippen molar-refractivity contribution < 1.29 is 14.6 Å². The lowest BCUT2D eigenvalue weighted by Gasteiger charge is -2.25. The van der Waals surface area contributed by atoms with Gasteiger partial charge in [-0.2, -0.15) is 0 Å². The van der Waals surface area contributed by atoms with Crippen LogP contribution in [0, 0.1) is 5.92 Å². The van der Waals surface area contributed by atoms with Crippen LogP contribution >= 0.6 is 0 Å². The summed E-state index contributed by atoms with van der Waals surface area (Å²) in [5.41, 5.74) is 0. The lowest BCUT2D eigenvalue weighted by molar-refractivity contribution is -0.157. The molecule has 0 aliphatic heterocycles.